The first kappa shape index (κ1) is 16.3. The van der Waals surface area contributed by atoms with Gasteiger partial charge in [-0.2, -0.15) is 0 Å². The Hall–Kier alpha value is -2.57. The van der Waals surface area contributed by atoms with Crippen molar-refractivity contribution in [2.75, 3.05) is 16.4 Å². The molecule has 0 unspecified atom stereocenters. The molecule has 0 aliphatic heterocycles. The molecule has 2 heterocycles. The van der Waals surface area contributed by atoms with Crippen molar-refractivity contribution in [2.24, 2.45) is 0 Å². The highest BCUT2D eigenvalue weighted by Gasteiger charge is 2.11. The molecular formula is C16H14Cl2N6. The van der Waals surface area contributed by atoms with E-state index in [1.54, 1.807) is 18.2 Å². The van der Waals surface area contributed by atoms with Crippen LogP contribution in [0.5, 0.6) is 0 Å². The molecule has 122 valence electrons. The maximum atomic E-state index is 6.15. The summed E-state index contributed by atoms with van der Waals surface area (Å²) in [7, 11) is 0. The fourth-order valence-corrected chi connectivity index (χ4v) is 2.39. The van der Waals surface area contributed by atoms with Crippen molar-refractivity contribution in [2.45, 2.75) is 6.92 Å². The van der Waals surface area contributed by atoms with Gasteiger partial charge in [0.15, 0.2) is 11.6 Å². The Bertz CT molecular complexity index is 884. The number of pyridine rings is 1. The Balaban J connectivity index is 1.89. The highest BCUT2D eigenvalue weighted by molar-refractivity contribution is 6.35. The van der Waals surface area contributed by atoms with Crippen LogP contribution in [0, 0.1) is 6.92 Å². The first-order chi connectivity index (χ1) is 11.5. The standard InChI is InChI=1S/C16H14Cl2N6/c1-9-3-2-4-13(22-9)24-16-14(19)15(20-8-21-16)23-12-7-10(17)5-6-11(12)18/h2-8H,19H2,1H3,(H2,20,21,22,23,24). The summed E-state index contributed by atoms with van der Waals surface area (Å²) in [6, 6.07) is 10.7. The van der Waals surface area contributed by atoms with Crippen LogP contribution in [0.25, 0.3) is 0 Å². The van der Waals surface area contributed by atoms with E-state index >= 15 is 0 Å². The Morgan fingerprint density at radius 2 is 1.75 bits per heavy atom. The van der Waals surface area contributed by atoms with Crippen molar-refractivity contribution in [3.8, 4) is 0 Å². The summed E-state index contributed by atoms with van der Waals surface area (Å²) in [6.45, 7) is 1.91. The van der Waals surface area contributed by atoms with Crippen LogP contribution in [0.2, 0.25) is 10.0 Å². The van der Waals surface area contributed by atoms with E-state index in [0.717, 1.165) is 5.69 Å². The third-order valence-electron chi connectivity index (χ3n) is 3.20. The van der Waals surface area contributed by atoms with Crippen molar-refractivity contribution in [1.29, 1.82) is 0 Å². The molecule has 0 spiro atoms. The number of nitrogens with zero attached hydrogens (tertiary/aromatic N) is 3. The summed E-state index contributed by atoms with van der Waals surface area (Å²) in [5.41, 5.74) is 7.99. The summed E-state index contributed by atoms with van der Waals surface area (Å²) >= 11 is 12.1. The predicted molar refractivity (Wildman–Crippen MR) is 98.4 cm³/mol. The van der Waals surface area contributed by atoms with Crippen molar-refractivity contribution in [3.63, 3.8) is 0 Å². The summed E-state index contributed by atoms with van der Waals surface area (Å²) < 4.78 is 0. The van der Waals surface area contributed by atoms with Crippen LogP contribution in [0.15, 0.2) is 42.7 Å². The van der Waals surface area contributed by atoms with E-state index in [-0.39, 0.29) is 0 Å². The lowest BCUT2D eigenvalue weighted by molar-refractivity contribution is 1.15. The van der Waals surface area contributed by atoms with Crippen LogP contribution in [0.4, 0.5) is 28.8 Å². The lowest BCUT2D eigenvalue weighted by Crippen LogP contribution is -2.06. The maximum Gasteiger partial charge on any atom is 0.160 e. The molecule has 0 saturated heterocycles. The molecule has 24 heavy (non-hydrogen) atoms. The van der Waals surface area contributed by atoms with Crippen molar-refractivity contribution >= 4 is 52.0 Å². The average molecular weight is 361 g/mol. The Morgan fingerprint density at radius 3 is 2.50 bits per heavy atom. The number of anilines is 5. The van der Waals surface area contributed by atoms with Gasteiger partial charge in [-0.05, 0) is 37.3 Å². The summed E-state index contributed by atoms with van der Waals surface area (Å²) in [5.74, 6) is 1.51. The van der Waals surface area contributed by atoms with Crippen molar-refractivity contribution in [1.82, 2.24) is 15.0 Å². The Morgan fingerprint density at radius 1 is 1.00 bits per heavy atom. The van der Waals surface area contributed by atoms with Gasteiger partial charge in [0.1, 0.15) is 17.8 Å². The van der Waals surface area contributed by atoms with Gasteiger partial charge in [0, 0.05) is 10.7 Å². The molecular weight excluding hydrogens is 347 g/mol. The third-order valence-corrected chi connectivity index (χ3v) is 3.76. The van der Waals surface area contributed by atoms with Crippen molar-refractivity contribution in [3.05, 3.63) is 58.5 Å². The minimum absolute atomic E-state index is 0.344. The van der Waals surface area contributed by atoms with Crippen LogP contribution < -0.4 is 16.4 Å². The number of hydrogen-bond donors (Lipinski definition) is 3. The quantitative estimate of drug-likeness (QED) is 0.632. The van der Waals surface area contributed by atoms with E-state index in [4.69, 9.17) is 28.9 Å². The van der Waals surface area contributed by atoms with Crippen LogP contribution in [0.1, 0.15) is 5.69 Å². The van der Waals surface area contributed by atoms with Gasteiger partial charge in [-0.15, -0.1) is 0 Å². The van der Waals surface area contributed by atoms with Crippen LogP contribution >= 0.6 is 23.2 Å². The minimum Gasteiger partial charge on any atom is -0.393 e. The van der Waals surface area contributed by atoms with Gasteiger partial charge < -0.3 is 16.4 Å². The smallest absolute Gasteiger partial charge is 0.160 e. The van der Waals surface area contributed by atoms with Gasteiger partial charge in [0.25, 0.3) is 0 Å². The van der Waals surface area contributed by atoms with Gasteiger partial charge in [0.2, 0.25) is 0 Å². The van der Waals surface area contributed by atoms with Crippen LogP contribution in [0.3, 0.4) is 0 Å². The largest absolute Gasteiger partial charge is 0.393 e. The molecule has 0 saturated carbocycles. The highest BCUT2D eigenvalue weighted by Crippen LogP contribution is 2.32. The second kappa shape index (κ2) is 6.90. The fraction of sp³-hybridized carbons (Fsp3) is 0.0625. The molecule has 3 aromatic rings. The van der Waals surface area contributed by atoms with Gasteiger partial charge in [-0.25, -0.2) is 15.0 Å². The number of halogens is 2. The first-order valence-electron chi connectivity index (χ1n) is 7.06. The zero-order chi connectivity index (χ0) is 17.1. The van der Waals surface area contributed by atoms with Crippen molar-refractivity contribution < 1.29 is 0 Å². The third kappa shape index (κ3) is 3.67. The number of nitrogen functional groups attached to an aromatic ring is 1. The Kier molecular flexibility index (Phi) is 4.69. The number of benzene rings is 1. The number of rotatable bonds is 4. The SMILES string of the molecule is Cc1cccc(Nc2ncnc(Nc3cc(Cl)ccc3Cl)c2N)n1. The zero-order valence-corrected chi connectivity index (χ0v) is 14.2. The van der Waals surface area contributed by atoms with Gasteiger partial charge in [-0.1, -0.05) is 29.3 Å². The lowest BCUT2D eigenvalue weighted by atomic mass is 10.3. The normalized spacial score (nSPS) is 10.5. The molecule has 0 radical (unpaired) electrons. The monoisotopic (exact) mass is 360 g/mol. The van der Waals surface area contributed by atoms with E-state index in [1.165, 1.54) is 6.33 Å². The topological polar surface area (TPSA) is 88.8 Å². The fourth-order valence-electron chi connectivity index (χ4n) is 2.05. The van der Waals surface area contributed by atoms with Gasteiger partial charge in [-0.3, -0.25) is 0 Å². The molecule has 3 rings (SSSR count). The van der Waals surface area contributed by atoms with E-state index < -0.39 is 0 Å². The lowest BCUT2D eigenvalue weighted by Gasteiger charge is -2.13. The van der Waals surface area contributed by atoms with E-state index in [9.17, 15) is 0 Å². The van der Waals surface area contributed by atoms with Crippen LogP contribution in [-0.2, 0) is 0 Å². The predicted octanol–water partition coefficient (Wildman–Crippen LogP) is 4.56. The Labute approximate surface area is 149 Å². The zero-order valence-electron chi connectivity index (χ0n) is 12.7. The molecule has 0 bridgehead atoms. The van der Waals surface area contributed by atoms with E-state index in [1.807, 2.05) is 25.1 Å². The first-order valence-corrected chi connectivity index (χ1v) is 7.82. The number of hydrogen-bond acceptors (Lipinski definition) is 6. The number of nitrogens with one attached hydrogen (secondary N) is 2. The molecule has 2 aromatic heterocycles. The van der Waals surface area contributed by atoms with Gasteiger partial charge in [0.05, 0.1) is 10.7 Å². The summed E-state index contributed by atoms with van der Waals surface area (Å²) in [4.78, 5) is 12.7. The average Bonchev–Trinajstić information content (AvgIpc) is 2.55. The highest BCUT2D eigenvalue weighted by atomic mass is 35.5. The van der Waals surface area contributed by atoms with E-state index in [0.29, 0.717) is 38.9 Å². The van der Waals surface area contributed by atoms with Crippen LogP contribution in [-0.4, -0.2) is 15.0 Å². The summed E-state index contributed by atoms with van der Waals surface area (Å²) in [5, 5.41) is 7.20. The minimum atomic E-state index is 0.344. The molecule has 0 fully saturated rings. The number of aryl methyl sites for hydroxylation is 1. The molecule has 8 heteroatoms. The number of aromatic nitrogens is 3. The molecule has 0 aliphatic carbocycles. The second-order valence-electron chi connectivity index (χ2n) is 5.02. The molecule has 6 nitrogen and oxygen atoms in total. The number of nitrogens with two attached hydrogens (primary N) is 1. The second-order valence-corrected chi connectivity index (χ2v) is 5.87. The molecule has 4 N–H and O–H groups in total. The molecule has 0 atom stereocenters. The molecule has 0 aliphatic rings. The maximum absolute atomic E-state index is 6.15. The molecule has 1 aromatic carbocycles. The molecule has 0 amide bonds. The summed E-state index contributed by atoms with van der Waals surface area (Å²) in [6.07, 6.45) is 1.40. The van der Waals surface area contributed by atoms with Gasteiger partial charge >= 0.3 is 0 Å². The van der Waals surface area contributed by atoms with E-state index in [2.05, 4.69) is 25.6 Å².